The Morgan fingerprint density at radius 3 is 2.19 bits per heavy atom. The molecule has 1 aromatic rings. The molecule has 5 nitrogen and oxygen atoms in total. The predicted molar refractivity (Wildman–Crippen MR) is 106 cm³/mol. The molecular formula is C21H36N2O3. The molecule has 1 fully saturated rings. The number of aliphatic hydroxyl groups excluding tert-OH is 1. The van der Waals surface area contributed by atoms with Crippen LogP contribution in [0.15, 0.2) is 24.3 Å². The molecule has 148 valence electrons. The highest BCUT2D eigenvalue weighted by atomic mass is 16.5. The minimum atomic E-state index is -0.436. The van der Waals surface area contributed by atoms with Crippen LogP contribution in [0.3, 0.4) is 0 Å². The van der Waals surface area contributed by atoms with Gasteiger partial charge in [-0.25, -0.2) is 0 Å². The van der Waals surface area contributed by atoms with Crippen molar-refractivity contribution in [2.45, 2.75) is 39.2 Å². The second-order valence-corrected chi connectivity index (χ2v) is 8.09. The first-order chi connectivity index (χ1) is 12.4. The first-order valence-corrected chi connectivity index (χ1v) is 9.82. The van der Waals surface area contributed by atoms with Crippen LogP contribution in [-0.2, 0) is 10.2 Å². The van der Waals surface area contributed by atoms with Gasteiger partial charge in [0.15, 0.2) is 0 Å². The average Bonchev–Trinajstić information content (AvgIpc) is 2.62. The van der Waals surface area contributed by atoms with Crippen molar-refractivity contribution < 1.29 is 14.6 Å². The van der Waals surface area contributed by atoms with Crippen LogP contribution >= 0.6 is 0 Å². The molecule has 26 heavy (non-hydrogen) atoms. The van der Waals surface area contributed by atoms with Gasteiger partial charge in [0.2, 0.25) is 0 Å². The molecule has 1 aromatic carbocycles. The summed E-state index contributed by atoms with van der Waals surface area (Å²) in [5.41, 5.74) is 1.45. The summed E-state index contributed by atoms with van der Waals surface area (Å²) in [6.45, 7) is 16.2. The fraction of sp³-hybridized carbons (Fsp3) is 0.714. The number of hydrogen-bond donors (Lipinski definition) is 1. The molecule has 2 rings (SSSR count). The van der Waals surface area contributed by atoms with E-state index in [0.717, 1.165) is 38.5 Å². The van der Waals surface area contributed by atoms with Gasteiger partial charge < -0.3 is 19.5 Å². The molecule has 5 heteroatoms. The maximum Gasteiger partial charge on any atom is 0.119 e. The van der Waals surface area contributed by atoms with Crippen LogP contribution in [0.4, 0.5) is 0 Å². The van der Waals surface area contributed by atoms with Gasteiger partial charge in [-0.05, 0) is 29.7 Å². The highest BCUT2D eigenvalue weighted by Crippen LogP contribution is 2.24. The Bertz CT molecular complexity index is 505. The molecule has 1 saturated heterocycles. The van der Waals surface area contributed by atoms with Crippen molar-refractivity contribution in [1.82, 2.24) is 9.80 Å². The molecule has 0 amide bonds. The molecule has 1 aliphatic rings. The van der Waals surface area contributed by atoms with Crippen molar-refractivity contribution in [3.63, 3.8) is 0 Å². The summed E-state index contributed by atoms with van der Waals surface area (Å²) in [4.78, 5) is 4.75. The zero-order valence-corrected chi connectivity index (χ0v) is 16.9. The minimum absolute atomic E-state index is 0.154. The van der Waals surface area contributed by atoms with Crippen molar-refractivity contribution in [3.05, 3.63) is 29.8 Å². The predicted octanol–water partition coefficient (Wildman–Crippen LogP) is 2.38. The molecule has 1 aliphatic heterocycles. The van der Waals surface area contributed by atoms with E-state index in [4.69, 9.17) is 9.47 Å². The van der Waals surface area contributed by atoms with E-state index in [9.17, 15) is 5.11 Å². The SMILES string of the molecule is CCN1CCN(C[C@@H](O)COCCOc2ccc(C(C)(C)C)cc2)CC1. The zero-order valence-electron chi connectivity index (χ0n) is 16.9. The Balaban J connectivity index is 1.56. The highest BCUT2D eigenvalue weighted by Gasteiger charge is 2.18. The van der Waals surface area contributed by atoms with Crippen LogP contribution in [0.5, 0.6) is 5.75 Å². The molecule has 0 spiro atoms. The number of rotatable bonds is 9. The van der Waals surface area contributed by atoms with E-state index in [1.807, 2.05) is 12.1 Å². The number of β-amino-alcohol motifs (C(OH)–C–C–N with tert-alkyl or cyclic N) is 1. The van der Waals surface area contributed by atoms with Gasteiger partial charge in [-0.2, -0.15) is 0 Å². The third-order valence-electron chi connectivity index (χ3n) is 4.91. The number of aliphatic hydroxyl groups is 1. The Kier molecular flexibility index (Phi) is 8.35. The molecule has 0 bridgehead atoms. The van der Waals surface area contributed by atoms with Crippen LogP contribution in [0, 0.1) is 0 Å². The van der Waals surface area contributed by atoms with E-state index in [1.54, 1.807) is 0 Å². The molecule has 0 saturated carbocycles. The summed E-state index contributed by atoms with van der Waals surface area (Å²) in [5, 5.41) is 10.1. The third-order valence-corrected chi connectivity index (χ3v) is 4.91. The van der Waals surface area contributed by atoms with Crippen LogP contribution in [-0.4, -0.2) is 80.1 Å². The smallest absolute Gasteiger partial charge is 0.119 e. The Labute approximate surface area is 158 Å². The maximum absolute atomic E-state index is 10.1. The Morgan fingerprint density at radius 1 is 1.00 bits per heavy atom. The highest BCUT2D eigenvalue weighted by molar-refractivity contribution is 5.31. The molecule has 1 atom stereocenters. The molecule has 0 unspecified atom stereocenters. The van der Waals surface area contributed by atoms with E-state index in [1.165, 1.54) is 5.56 Å². The molecule has 0 aromatic heterocycles. The summed E-state index contributed by atoms with van der Waals surface area (Å²) in [5.74, 6) is 0.857. The van der Waals surface area contributed by atoms with Gasteiger partial charge in [0.1, 0.15) is 12.4 Å². The lowest BCUT2D eigenvalue weighted by Gasteiger charge is -2.34. The zero-order chi connectivity index (χ0) is 19.0. The van der Waals surface area contributed by atoms with Gasteiger partial charge in [0.05, 0.1) is 19.3 Å². The van der Waals surface area contributed by atoms with E-state index in [2.05, 4.69) is 49.6 Å². The third kappa shape index (κ3) is 7.23. The van der Waals surface area contributed by atoms with Crippen molar-refractivity contribution in [2.24, 2.45) is 0 Å². The summed E-state index contributed by atoms with van der Waals surface area (Å²) in [6, 6.07) is 8.23. The number of hydrogen-bond acceptors (Lipinski definition) is 5. The largest absolute Gasteiger partial charge is 0.491 e. The lowest BCUT2D eigenvalue weighted by atomic mass is 9.87. The molecular weight excluding hydrogens is 328 g/mol. The van der Waals surface area contributed by atoms with E-state index < -0.39 is 6.10 Å². The number of ether oxygens (including phenoxy) is 2. The van der Waals surface area contributed by atoms with Crippen molar-refractivity contribution >= 4 is 0 Å². The van der Waals surface area contributed by atoms with Gasteiger partial charge in [-0.15, -0.1) is 0 Å². The summed E-state index contributed by atoms with van der Waals surface area (Å²) in [6.07, 6.45) is -0.436. The topological polar surface area (TPSA) is 45.2 Å². The minimum Gasteiger partial charge on any atom is -0.491 e. The van der Waals surface area contributed by atoms with Crippen LogP contribution in [0.1, 0.15) is 33.3 Å². The van der Waals surface area contributed by atoms with Crippen LogP contribution < -0.4 is 4.74 Å². The Morgan fingerprint density at radius 2 is 1.62 bits per heavy atom. The second-order valence-electron chi connectivity index (χ2n) is 8.09. The van der Waals surface area contributed by atoms with Gasteiger partial charge >= 0.3 is 0 Å². The number of piperazine rings is 1. The fourth-order valence-electron chi connectivity index (χ4n) is 3.13. The number of benzene rings is 1. The summed E-state index contributed by atoms with van der Waals surface area (Å²) < 4.78 is 11.3. The Hall–Kier alpha value is -1.14. The molecule has 1 heterocycles. The molecule has 0 radical (unpaired) electrons. The monoisotopic (exact) mass is 364 g/mol. The van der Waals surface area contributed by atoms with E-state index in [0.29, 0.717) is 26.4 Å². The number of nitrogens with zero attached hydrogens (tertiary/aromatic N) is 2. The summed E-state index contributed by atoms with van der Waals surface area (Å²) in [7, 11) is 0. The molecule has 1 N–H and O–H groups in total. The maximum atomic E-state index is 10.1. The first kappa shape index (κ1) is 21.2. The quantitative estimate of drug-likeness (QED) is 0.682. The van der Waals surface area contributed by atoms with Crippen molar-refractivity contribution in [3.8, 4) is 5.75 Å². The van der Waals surface area contributed by atoms with Crippen molar-refractivity contribution in [2.75, 3.05) is 59.1 Å². The summed E-state index contributed by atoms with van der Waals surface area (Å²) >= 11 is 0. The van der Waals surface area contributed by atoms with Gasteiger partial charge in [-0.1, -0.05) is 39.8 Å². The van der Waals surface area contributed by atoms with Gasteiger partial charge in [-0.3, -0.25) is 4.90 Å². The standard InChI is InChI=1S/C21H36N2O3/c1-5-22-10-12-23(13-11-22)16-19(24)17-25-14-15-26-20-8-6-18(7-9-20)21(2,3)4/h6-9,19,24H,5,10-17H2,1-4H3/t19-/m1/s1. The second kappa shape index (κ2) is 10.3. The lowest BCUT2D eigenvalue weighted by Crippen LogP contribution is -2.48. The van der Waals surface area contributed by atoms with Crippen molar-refractivity contribution in [1.29, 1.82) is 0 Å². The lowest BCUT2D eigenvalue weighted by molar-refractivity contribution is 0.000390. The van der Waals surface area contributed by atoms with Crippen LogP contribution in [0.2, 0.25) is 0 Å². The molecule has 0 aliphatic carbocycles. The van der Waals surface area contributed by atoms with E-state index in [-0.39, 0.29) is 5.41 Å². The average molecular weight is 365 g/mol. The number of likely N-dealkylation sites (N-methyl/N-ethyl adjacent to an activating group) is 1. The van der Waals surface area contributed by atoms with E-state index >= 15 is 0 Å². The van der Waals surface area contributed by atoms with Gasteiger partial charge in [0, 0.05) is 32.7 Å². The van der Waals surface area contributed by atoms with Gasteiger partial charge in [0.25, 0.3) is 0 Å². The normalized spacial score (nSPS) is 18.0. The first-order valence-electron chi connectivity index (χ1n) is 9.82. The fourth-order valence-corrected chi connectivity index (χ4v) is 3.13. The van der Waals surface area contributed by atoms with Crippen LogP contribution in [0.25, 0.3) is 0 Å².